The molecule has 0 spiro atoms. The number of hydrogen-bond acceptors (Lipinski definition) is 3. The Bertz CT molecular complexity index is 444. The molecule has 3 heteroatoms. The summed E-state index contributed by atoms with van der Waals surface area (Å²) in [6, 6.07) is 8.89. The molecule has 0 bridgehead atoms. The Kier molecular flexibility index (Phi) is 4.27. The summed E-state index contributed by atoms with van der Waals surface area (Å²) in [4.78, 5) is 0. The molecule has 0 saturated heterocycles. The van der Waals surface area contributed by atoms with Crippen LogP contribution in [0.25, 0.3) is 0 Å². The molecule has 0 aliphatic heterocycles. The van der Waals surface area contributed by atoms with Crippen molar-refractivity contribution in [1.82, 2.24) is 5.32 Å². The highest BCUT2D eigenvalue weighted by molar-refractivity contribution is 5.27. The first-order valence-electron chi connectivity index (χ1n) is 7.90. The predicted octanol–water partition coefficient (Wildman–Crippen LogP) is 2.80. The van der Waals surface area contributed by atoms with Gasteiger partial charge in [0.05, 0.1) is 0 Å². The zero-order valence-electron chi connectivity index (χ0n) is 12.2. The quantitative estimate of drug-likeness (QED) is 0.888. The highest BCUT2D eigenvalue weighted by atomic mass is 16.5. The van der Waals surface area contributed by atoms with Crippen LogP contribution in [0.5, 0.6) is 5.75 Å². The van der Waals surface area contributed by atoms with Gasteiger partial charge in [0, 0.05) is 12.1 Å². The second-order valence-electron chi connectivity index (χ2n) is 6.30. The van der Waals surface area contributed by atoms with Gasteiger partial charge in [0.25, 0.3) is 0 Å². The lowest BCUT2D eigenvalue weighted by Gasteiger charge is -2.39. The molecule has 0 radical (unpaired) electrons. The molecule has 20 heavy (non-hydrogen) atoms. The fraction of sp³-hybridized carbons (Fsp3) is 0.647. The minimum Gasteiger partial charge on any atom is -0.488 e. The van der Waals surface area contributed by atoms with E-state index in [1.54, 1.807) is 0 Å². The van der Waals surface area contributed by atoms with Crippen molar-refractivity contribution < 1.29 is 9.84 Å². The summed E-state index contributed by atoms with van der Waals surface area (Å²) in [6.07, 6.45) is 6.48. The van der Waals surface area contributed by atoms with Gasteiger partial charge in [0.2, 0.25) is 0 Å². The summed E-state index contributed by atoms with van der Waals surface area (Å²) in [5.41, 5.74) is 1.19. The molecular formula is C17H25NO2. The third kappa shape index (κ3) is 3.15. The second kappa shape index (κ2) is 6.15. The van der Waals surface area contributed by atoms with E-state index in [1.165, 1.54) is 24.8 Å². The number of rotatable bonds is 4. The first kappa shape index (κ1) is 13.9. The van der Waals surface area contributed by atoms with Gasteiger partial charge in [-0.25, -0.2) is 0 Å². The van der Waals surface area contributed by atoms with E-state index < -0.39 is 6.10 Å². The molecule has 2 N–H and O–H groups in total. The van der Waals surface area contributed by atoms with Crippen LogP contribution in [0, 0.1) is 6.92 Å². The molecule has 2 saturated carbocycles. The molecular weight excluding hydrogens is 250 g/mol. The molecule has 3 atom stereocenters. The minimum atomic E-state index is -0.398. The van der Waals surface area contributed by atoms with E-state index >= 15 is 0 Å². The van der Waals surface area contributed by atoms with Gasteiger partial charge in [-0.15, -0.1) is 0 Å². The van der Waals surface area contributed by atoms with Gasteiger partial charge in [-0.3, -0.25) is 0 Å². The maximum absolute atomic E-state index is 10.5. The van der Waals surface area contributed by atoms with Crippen molar-refractivity contribution in [3.63, 3.8) is 0 Å². The van der Waals surface area contributed by atoms with Gasteiger partial charge in [-0.2, -0.15) is 0 Å². The number of nitrogens with one attached hydrogen (secondary N) is 1. The molecule has 3 rings (SSSR count). The highest BCUT2D eigenvalue weighted by Gasteiger charge is 2.35. The molecule has 1 aromatic rings. The molecule has 3 nitrogen and oxygen atoms in total. The molecule has 2 fully saturated rings. The Morgan fingerprint density at radius 1 is 1.15 bits per heavy atom. The van der Waals surface area contributed by atoms with Crippen molar-refractivity contribution in [2.45, 2.75) is 69.7 Å². The number of benzene rings is 1. The first-order valence-corrected chi connectivity index (χ1v) is 7.90. The average Bonchev–Trinajstić information content (AvgIpc) is 2.38. The lowest BCUT2D eigenvalue weighted by atomic mass is 9.86. The predicted molar refractivity (Wildman–Crippen MR) is 80.0 cm³/mol. The van der Waals surface area contributed by atoms with Crippen LogP contribution in [-0.2, 0) is 0 Å². The van der Waals surface area contributed by atoms with E-state index in [4.69, 9.17) is 4.74 Å². The monoisotopic (exact) mass is 275 g/mol. The number of ether oxygens (including phenoxy) is 1. The number of aliphatic hydroxyl groups excluding tert-OH is 1. The lowest BCUT2D eigenvalue weighted by molar-refractivity contribution is -0.0206. The van der Waals surface area contributed by atoms with Crippen LogP contribution in [0.3, 0.4) is 0 Å². The number of aliphatic hydroxyl groups is 1. The normalized spacial score (nSPS) is 30.8. The summed E-state index contributed by atoms with van der Waals surface area (Å²) in [7, 11) is 0. The molecule has 0 aromatic heterocycles. The summed E-state index contributed by atoms with van der Waals surface area (Å²) in [6.45, 7) is 2.06. The zero-order chi connectivity index (χ0) is 13.9. The fourth-order valence-electron chi connectivity index (χ4n) is 3.19. The van der Waals surface area contributed by atoms with Gasteiger partial charge in [-0.1, -0.05) is 18.6 Å². The van der Waals surface area contributed by atoms with Crippen LogP contribution in [0.4, 0.5) is 0 Å². The first-order chi connectivity index (χ1) is 9.72. The van der Waals surface area contributed by atoms with Gasteiger partial charge >= 0.3 is 0 Å². The van der Waals surface area contributed by atoms with Crippen molar-refractivity contribution >= 4 is 0 Å². The van der Waals surface area contributed by atoms with Crippen molar-refractivity contribution in [1.29, 1.82) is 0 Å². The van der Waals surface area contributed by atoms with Crippen LogP contribution < -0.4 is 10.1 Å². The maximum Gasteiger partial charge on any atom is 0.126 e. The highest BCUT2D eigenvalue weighted by Crippen LogP contribution is 2.27. The lowest BCUT2D eigenvalue weighted by Crippen LogP contribution is -2.55. The van der Waals surface area contributed by atoms with Gasteiger partial charge in [0.15, 0.2) is 0 Å². The van der Waals surface area contributed by atoms with Crippen molar-refractivity contribution in [3.05, 3.63) is 29.8 Å². The Hall–Kier alpha value is -1.06. The standard InChI is InChI=1S/C17H25NO2/c1-12-5-2-8-14(11-12)20-16-10-4-9-15(17(16)19)18-13-6-3-7-13/h2,5,8,11,13,15-19H,3-4,6-7,9-10H2,1H3/t15-,16+,17+/m0/s1. The summed E-state index contributed by atoms with van der Waals surface area (Å²) < 4.78 is 6.02. The molecule has 2 aliphatic rings. The number of aryl methyl sites for hydroxylation is 1. The van der Waals surface area contributed by atoms with E-state index in [9.17, 15) is 5.11 Å². The van der Waals surface area contributed by atoms with Gasteiger partial charge in [0.1, 0.15) is 18.0 Å². The zero-order valence-corrected chi connectivity index (χ0v) is 12.2. The summed E-state index contributed by atoms with van der Waals surface area (Å²) >= 11 is 0. The van der Waals surface area contributed by atoms with Crippen molar-refractivity contribution in [3.8, 4) is 5.75 Å². The van der Waals surface area contributed by atoms with Crippen LogP contribution in [0.1, 0.15) is 44.1 Å². The smallest absolute Gasteiger partial charge is 0.126 e. The largest absolute Gasteiger partial charge is 0.488 e. The van der Waals surface area contributed by atoms with Gasteiger partial charge in [-0.05, 0) is 56.7 Å². The molecule has 2 aliphatic carbocycles. The topological polar surface area (TPSA) is 41.5 Å². The van der Waals surface area contributed by atoms with Crippen LogP contribution in [0.2, 0.25) is 0 Å². The van der Waals surface area contributed by atoms with Crippen molar-refractivity contribution in [2.75, 3.05) is 0 Å². The number of hydrogen-bond donors (Lipinski definition) is 2. The SMILES string of the molecule is Cc1cccc(O[C@@H]2CCC[C@H](NC3CCC3)[C@H]2O)c1. The molecule has 0 amide bonds. The van der Waals surface area contributed by atoms with Crippen LogP contribution >= 0.6 is 0 Å². The van der Waals surface area contributed by atoms with E-state index in [2.05, 4.69) is 18.3 Å². The van der Waals surface area contributed by atoms with E-state index in [0.717, 1.165) is 25.0 Å². The Balaban J connectivity index is 1.60. The van der Waals surface area contributed by atoms with Crippen molar-refractivity contribution in [2.24, 2.45) is 0 Å². The second-order valence-corrected chi connectivity index (χ2v) is 6.30. The van der Waals surface area contributed by atoms with E-state index in [-0.39, 0.29) is 12.1 Å². The Labute approximate surface area is 121 Å². The van der Waals surface area contributed by atoms with E-state index in [0.29, 0.717) is 6.04 Å². The maximum atomic E-state index is 10.5. The average molecular weight is 275 g/mol. The Morgan fingerprint density at radius 2 is 1.95 bits per heavy atom. The summed E-state index contributed by atoms with van der Waals surface area (Å²) in [5.74, 6) is 0.873. The van der Waals surface area contributed by atoms with Crippen LogP contribution in [0.15, 0.2) is 24.3 Å². The Morgan fingerprint density at radius 3 is 2.65 bits per heavy atom. The summed E-state index contributed by atoms with van der Waals surface area (Å²) in [5, 5.41) is 14.1. The van der Waals surface area contributed by atoms with E-state index in [1.807, 2.05) is 18.2 Å². The third-order valence-electron chi connectivity index (χ3n) is 4.63. The molecule has 0 unspecified atom stereocenters. The van der Waals surface area contributed by atoms with Gasteiger partial charge < -0.3 is 15.2 Å². The molecule has 1 aromatic carbocycles. The third-order valence-corrected chi connectivity index (χ3v) is 4.63. The molecule has 0 heterocycles. The fourth-order valence-corrected chi connectivity index (χ4v) is 3.19. The molecule has 110 valence electrons. The van der Waals surface area contributed by atoms with Crippen LogP contribution in [-0.4, -0.2) is 29.4 Å². The minimum absolute atomic E-state index is 0.0804.